The zero-order valence-electron chi connectivity index (χ0n) is 5.69. The average molecular weight is 166 g/mol. The summed E-state index contributed by atoms with van der Waals surface area (Å²) in [5, 5.41) is 16.2. The molecule has 0 aliphatic carbocycles. The lowest BCUT2D eigenvalue weighted by Crippen LogP contribution is -2.14. The molecule has 1 saturated heterocycles. The van der Waals surface area contributed by atoms with Gasteiger partial charge in [-0.3, -0.25) is 0 Å². The van der Waals surface area contributed by atoms with Crippen molar-refractivity contribution in [2.45, 2.75) is 12.2 Å². The minimum absolute atomic E-state index is 0. The number of carboxylic acid groups (broad SMARTS) is 2. The van der Waals surface area contributed by atoms with Gasteiger partial charge in [-0.1, -0.05) is 0 Å². The van der Waals surface area contributed by atoms with E-state index >= 15 is 0 Å². The lowest BCUT2D eigenvalue weighted by Gasteiger charge is -1.78. The molecule has 0 aromatic rings. The molecular weight excluding hydrogens is 156 g/mol. The van der Waals surface area contributed by atoms with E-state index in [0.717, 1.165) is 0 Å². The predicted octanol–water partition coefficient (Wildman–Crippen LogP) is -0.753. The quantitative estimate of drug-likeness (QED) is 0.392. The standard InChI is InChI=1S/C4H4O5.2H3N/c5-3(6)1-2(9-1)4(7)8;;/h1-2H,(H,5,6)(H,7,8);2*1H3/t1-,2+;;. The van der Waals surface area contributed by atoms with E-state index in [0.29, 0.717) is 0 Å². The third-order valence-corrected chi connectivity index (χ3v) is 0.978. The Bertz CT molecular complexity index is 152. The second kappa shape index (κ2) is 3.86. The molecule has 7 heteroatoms. The van der Waals surface area contributed by atoms with Gasteiger partial charge in [0, 0.05) is 0 Å². The fourth-order valence-electron chi connectivity index (χ4n) is 0.488. The SMILES string of the molecule is N.N.O=C(O)[C@H]1O[C@H]1C(=O)O. The van der Waals surface area contributed by atoms with Gasteiger partial charge in [0.1, 0.15) is 0 Å². The van der Waals surface area contributed by atoms with E-state index in [1.807, 2.05) is 0 Å². The normalized spacial score (nSPS) is 25.8. The van der Waals surface area contributed by atoms with Crippen LogP contribution >= 0.6 is 0 Å². The third kappa shape index (κ3) is 2.50. The van der Waals surface area contributed by atoms with Crippen molar-refractivity contribution in [2.75, 3.05) is 0 Å². The second-order valence-electron chi connectivity index (χ2n) is 1.65. The molecule has 0 amide bonds. The van der Waals surface area contributed by atoms with Crippen LogP contribution < -0.4 is 12.3 Å². The van der Waals surface area contributed by atoms with Crippen molar-refractivity contribution in [1.29, 1.82) is 0 Å². The Morgan fingerprint density at radius 1 is 1.00 bits per heavy atom. The van der Waals surface area contributed by atoms with Crippen molar-refractivity contribution < 1.29 is 24.5 Å². The predicted molar refractivity (Wildman–Crippen MR) is 34.0 cm³/mol. The fourth-order valence-corrected chi connectivity index (χ4v) is 0.488. The first-order chi connectivity index (χ1) is 4.13. The maximum Gasteiger partial charge on any atom is 0.336 e. The van der Waals surface area contributed by atoms with E-state index in [-0.39, 0.29) is 12.3 Å². The summed E-state index contributed by atoms with van der Waals surface area (Å²) in [6.45, 7) is 0. The summed E-state index contributed by atoms with van der Waals surface area (Å²) in [5.74, 6) is -2.44. The van der Waals surface area contributed by atoms with Crippen LogP contribution in [0.15, 0.2) is 0 Å². The van der Waals surface area contributed by atoms with Crippen LogP contribution in [0.3, 0.4) is 0 Å². The van der Waals surface area contributed by atoms with Gasteiger partial charge in [0.25, 0.3) is 0 Å². The summed E-state index contributed by atoms with van der Waals surface area (Å²) in [4.78, 5) is 19.8. The molecule has 66 valence electrons. The summed E-state index contributed by atoms with van der Waals surface area (Å²) in [6, 6.07) is 0. The van der Waals surface area contributed by atoms with Crippen LogP contribution in [-0.2, 0) is 14.3 Å². The molecule has 0 bridgehead atoms. The molecule has 0 aromatic carbocycles. The molecule has 0 spiro atoms. The highest BCUT2D eigenvalue weighted by atomic mass is 16.6. The Balaban J connectivity index is 0. The molecule has 8 N–H and O–H groups in total. The molecule has 11 heavy (non-hydrogen) atoms. The van der Waals surface area contributed by atoms with Gasteiger partial charge in [-0.2, -0.15) is 0 Å². The van der Waals surface area contributed by atoms with E-state index in [1.54, 1.807) is 0 Å². The molecule has 1 rings (SSSR count). The van der Waals surface area contributed by atoms with Gasteiger partial charge in [0.15, 0.2) is 12.2 Å². The minimum atomic E-state index is -1.22. The van der Waals surface area contributed by atoms with Crippen LogP contribution in [0, 0.1) is 0 Å². The van der Waals surface area contributed by atoms with Crippen LogP contribution in [0.25, 0.3) is 0 Å². The molecule has 0 saturated carbocycles. The molecule has 0 aromatic heterocycles. The minimum Gasteiger partial charge on any atom is -0.479 e. The van der Waals surface area contributed by atoms with Crippen LogP contribution in [-0.4, -0.2) is 34.4 Å². The number of carboxylic acids is 2. The number of ether oxygens (including phenoxy) is 1. The summed E-state index contributed by atoms with van der Waals surface area (Å²) in [5.41, 5.74) is 0. The van der Waals surface area contributed by atoms with Crippen molar-refractivity contribution in [2.24, 2.45) is 0 Å². The van der Waals surface area contributed by atoms with E-state index in [4.69, 9.17) is 10.2 Å². The fraction of sp³-hybridized carbons (Fsp3) is 0.500. The van der Waals surface area contributed by atoms with Crippen molar-refractivity contribution in [3.8, 4) is 0 Å². The number of hydrogen-bond acceptors (Lipinski definition) is 5. The van der Waals surface area contributed by atoms with Gasteiger partial charge in [0.05, 0.1) is 0 Å². The summed E-state index contributed by atoms with van der Waals surface area (Å²) in [7, 11) is 0. The van der Waals surface area contributed by atoms with E-state index in [2.05, 4.69) is 4.74 Å². The van der Waals surface area contributed by atoms with Crippen molar-refractivity contribution >= 4 is 11.9 Å². The lowest BCUT2D eigenvalue weighted by molar-refractivity contribution is -0.140. The molecule has 1 heterocycles. The molecule has 7 nitrogen and oxygen atoms in total. The molecule has 0 unspecified atom stereocenters. The zero-order valence-corrected chi connectivity index (χ0v) is 5.69. The highest BCUT2D eigenvalue weighted by Crippen LogP contribution is 2.21. The van der Waals surface area contributed by atoms with Gasteiger partial charge in [-0.15, -0.1) is 0 Å². The average Bonchev–Trinajstić information content (AvgIpc) is 2.39. The summed E-state index contributed by atoms with van der Waals surface area (Å²) in [6.07, 6.45) is -2.25. The van der Waals surface area contributed by atoms with Gasteiger partial charge < -0.3 is 27.3 Å². The first-order valence-corrected chi connectivity index (χ1v) is 2.24. The van der Waals surface area contributed by atoms with Crippen LogP contribution in [0.4, 0.5) is 0 Å². The Kier molecular flexibility index (Phi) is 4.38. The maximum atomic E-state index is 9.89. The first kappa shape index (κ1) is 12.5. The number of hydrogen-bond donors (Lipinski definition) is 4. The molecule has 1 aliphatic rings. The smallest absolute Gasteiger partial charge is 0.336 e. The maximum absolute atomic E-state index is 9.89. The molecule has 1 fully saturated rings. The molecule has 0 radical (unpaired) electrons. The topological polar surface area (TPSA) is 157 Å². The monoisotopic (exact) mass is 166 g/mol. The molecule has 2 atom stereocenters. The Morgan fingerprint density at radius 2 is 1.27 bits per heavy atom. The Morgan fingerprint density at radius 3 is 1.36 bits per heavy atom. The Hall–Kier alpha value is -1.18. The molecular formula is C4H10N2O5. The van der Waals surface area contributed by atoms with E-state index in [1.165, 1.54) is 0 Å². The van der Waals surface area contributed by atoms with E-state index in [9.17, 15) is 9.59 Å². The van der Waals surface area contributed by atoms with Crippen LogP contribution in [0.5, 0.6) is 0 Å². The van der Waals surface area contributed by atoms with Gasteiger partial charge >= 0.3 is 11.9 Å². The summed E-state index contributed by atoms with van der Waals surface area (Å²) >= 11 is 0. The van der Waals surface area contributed by atoms with Gasteiger partial charge in [-0.25, -0.2) is 9.59 Å². The van der Waals surface area contributed by atoms with Gasteiger partial charge in [0.2, 0.25) is 0 Å². The molecule has 1 aliphatic heterocycles. The summed E-state index contributed by atoms with van der Waals surface area (Å²) < 4.78 is 4.24. The highest BCUT2D eigenvalue weighted by molar-refractivity contribution is 5.87. The van der Waals surface area contributed by atoms with Crippen LogP contribution in [0.1, 0.15) is 0 Å². The zero-order chi connectivity index (χ0) is 7.02. The lowest BCUT2D eigenvalue weighted by atomic mass is 10.3. The number of carbonyl (C=O) groups is 2. The van der Waals surface area contributed by atoms with E-state index < -0.39 is 24.1 Å². The Labute approximate surface area is 62.1 Å². The highest BCUT2D eigenvalue weighted by Gasteiger charge is 2.50. The van der Waals surface area contributed by atoms with Crippen molar-refractivity contribution in [3.05, 3.63) is 0 Å². The first-order valence-electron chi connectivity index (χ1n) is 2.24. The third-order valence-electron chi connectivity index (χ3n) is 0.978. The number of rotatable bonds is 2. The number of epoxide rings is 1. The van der Waals surface area contributed by atoms with Gasteiger partial charge in [-0.05, 0) is 0 Å². The second-order valence-corrected chi connectivity index (χ2v) is 1.65. The van der Waals surface area contributed by atoms with Crippen molar-refractivity contribution in [3.63, 3.8) is 0 Å². The van der Waals surface area contributed by atoms with Crippen LogP contribution in [0.2, 0.25) is 0 Å². The largest absolute Gasteiger partial charge is 0.479 e. The number of aliphatic carboxylic acids is 2. The van der Waals surface area contributed by atoms with Crippen molar-refractivity contribution in [1.82, 2.24) is 12.3 Å².